The summed E-state index contributed by atoms with van der Waals surface area (Å²) in [5.74, 6) is 0. The summed E-state index contributed by atoms with van der Waals surface area (Å²) in [5, 5.41) is 4.35. The topological polar surface area (TPSA) is 54.8 Å². The number of aromatic nitrogens is 2. The summed E-state index contributed by atoms with van der Waals surface area (Å²) in [6, 6.07) is 10.5. The first-order valence-corrected chi connectivity index (χ1v) is 11.1. The average molecular weight is 430 g/mol. The van der Waals surface area contributed by atoms with Crippen LogP contribution in [0.4, 0.5) is 0 Å². The van der Waals surface area contributed by atoms with E-state index in [2.05, 4.69) is 49.1 Å². The Kier molecular flexibility index (Phi) is 7.33. The molecule has 2 aliphatic rings. The van der Waals surface area contributed by atoms with Crippen molar-refractivity contribution in [3.63, 3.8) is 0 Å². The third-order valence-electron chi connectivity index (χ3n) is 5.88. The molecule has 4 heterocycles. The monoisotopic (exact) mass is 429 g/mol. The van der Waals surface area contributed by atoms with E-state index in [0.29, 0.717) is 6.61 Å². The van der Waals surface area contributed by atoms with Gasteiger partial charge in [0.2, 0.25) is 0 Å². The van der Waals surface area contributed by atoms with Gasteiger partial charge in [-0.3, -0.25) is 9.88 Å². The van der Waals surface area contributed by atoms with Crippen molar-refractivity contribution >= 4 is 17.3 Å². The van der Waals surface area contributed by atoms with Gasteiger partial charge in [0.25, 0.3) is 0 Å². The zero-order valence-electron chi connectivity index (χ0n) is 17.6. The van der Waals surface area contributed by atoms with Crippen molar-refractivity contribution in [2.75, 3.05) is 53.1 Å². The Morgan fingerprint density at radius 1 is 1.17 bits per heavy atom. The van der Waals surface area contributed by atoms with Crippen LogP contribution in [0.15, 0.2) is 42.7 Å². The molecule has 30 heavy (non-hydrogen) atoms. The predicted octanol–water partition coefficient (Wildman–Crippen LogP) is 2.22. The molecule has 2 fully saturated rings. The van der Waals surface area contributed by atoms with Gasteiger partial charge in [-0.05, 0) is 42.9 Å². The molecule has 0 unspecified atom stereocenters. The zero-order chi connectivity index (χ0) is 20.8. The molecule has 0 radical (unpaired) electrons. The number of pyridine rings is 1. The second-order valence-electron chi connectivity index (χ2n) is 7.75. The minimum atomic E-state index is 0.0262. The number of morpholine rings is 1. The number of hydrogen-bond acceptors (Lipinski definition) is 5. The van der Waals surface area contributed by atoms with Crippen LogP contribution < -0.4 is 5.32 Å². The van der Waals surface area contributed by atoms with Crippen LogP contribution in [-0.4, -0.2) is 77.6 Å². The number of nitrogens with zero attached hydrogens (tertiary/aromatic N) is 4. The Morgan fingerprint density at radius 2 is 2.03 bits per heavy atom. The Morgan fingerprint density at radius 3 is 2.80 bits per heavy atom. The van der Waals surface area contributed by atoms with Gasteiger partial charge in [-0.2, -0.15) is 0 Å². The molecule has 0 bridgehead atoms. The molecule has 2 aromatic rings. The lowest BCUT2D eigenvalue weighted by atomic mass is 10.0. The average Bonchev–Trinajstić information content (AvgIpc) is 3.37. The van der Waals surface area contributed by atoms with E-state index in [4.69, 9.17) is 21.7 Å². The van der Waals surface area contributed by atoms with Crippen LogP contribution in [-0.2, 0) is 16.0 Å². The Bertz CT molecular complexity index is 809. The number of nitrogens with one attached hydrogen (secondary N) is 1. The van der Waals surface area contributed by atoms with E-state index in [1.54, 1.807) is 7.11 Å². The lowest BCUT2D eigenvalue weighted by Gasteiger charge is -2.31. The standard InChI is InChI=1S/C22H31N5O2S/c1-28-15-14-26-10-4-7-19(26)21-20(18-6-2-3-8-23-18)24-22(30)27(21)11-5-9-25-12-16-29-17-13-25/h2-4,6-8,10,20-21H,5,9,11-17H2,1H3,(H,24,30)/t20-,21+/m0/s1. The quantitative estimate of drug-likeness (QED) is 0.614. The molecule has 0 saturated carbocycles. The molecule has 162 valence electrons. The van der Waals surface area contributed by atoms with E-state index in [1.807, 2.05) is 18.3 Å². The lowest BCUT2D eigenvalue weighted by Crippen LogP contribution is -2.39. The van der Waals surface area contributed by atoms with Crippen LogP contribution >= 0.6 is 12.2 Å². The molecular weight excluding hydrogens is 398 g/mol. The molecule has 2 aromatic heterocycles. The Balaban J connectivity index is 1.54. The van der Waals surface area contributed by atoms with Crippen LogP contribution in [0, 0.1) is 0 Å². The van der Waals surface area contributed by atoms with Crippen molar-refractivity contribution in [2.24, 2.45) is 0 Å². The number of hydrogen-bond donors (Lipinski definition) is 1. The largest absolute Gasteiger partial charge is 0.383 e. The highest BCUT2D eigenvalue weighted by Crippen LogP contribution is 2.38. The fourth-order valence-electron chi connectivity index (χ4n) is 4.35. The Hall–Kier alpha value is -2.00. The molecule has 7 nitrogen and oxygen atoms in total. The van der Waals surface area contributed by atoms with Crippen LogP contribution in [0.25, 0.3) is 0 Å². The van der Waals surface area contributed by atoms with Crippen molar-refractivity contribution in [3.8, 4) is 0 Å². The first kappa shape index (κ1) is 21.2. The van der Waals surface area contributed by atoms with Gasteiger partial charge < -0.3 is 24.3 Å². The highest BCUT2D eigenvalue weighted by molar-refractivity contribution is 7.80. The van der Waals surface area contributed by atoms with E-state index in [1.165, 1.54) is 5.69 Å². The summed E-state index contributed by atoms with van der Waals surface area (Å²) < 4.78 is 13.1. The molecule has 1 N–H and O–H groups in total. The second kappa shape index (κ2) is 10.3. The molecule has 2 aliphatic heterocycles. The first-order valence-electron chi connectivity index (χ1n) is 10.7. The zero-order valence-corrected chi connectivity index (χ0v) is 18.4. The third-order valence-corrected chi connectivity index (χ3v) is 6.23. The van der Waals surface area contributed by atoms with Crippen LogP contribution in [0.3, 0.4) is 0 Å². The highest BCUT2D eigenvalue weighted by Gasteiger charge is 2.40. The maximum absolute atomic E-state index is 5.79. The van der Waals surface area contributed by atoms with Crippen LogP contribution in [0.5, 0.6) is 0 Å². The molecule has 0 spiro atoms. The van der Waals surface area contributed by atoms with Crippen molar-refractivity contribution in [2.45, 2.75) is 25.0 Å². The number of rotatable bonds is 9. The van der Waals surface area contributed by atoms with E-state index < -0.39 is 0 Å². The minimum absolute atomic E-state index is 0.0262. The second-order valence-corrected chi connectivity index (χ2v) is 8.13. The number of thiocarbonyl (C=S) groups is 1. The molecular formula is C22H31N5O2S. The van der Waals surface area contributed by atoms with Crippen molar-refractivity contribution in [1.82, 2.24) is 24.7 Å². The van der Waals surface area contributed by atoms with Crippen molar-refractivity contribution in [1.29, 1.82) is 0 Å². The van der Waals surface area contributed by atoms with E-state index in [-0.39, 0.29) is 12.1 Å². The summed E-state index contributed by atoms with van der Waals surface area (Å²) in [7, 11) is 1.74. The molecule has 2 saturated heterocycles. The number of methoxy groups -OCH3 is 1. The van der Waals surface area contributed by atoms with Gasteiger partial charge in [0.1, 0.15) is 0 Å². The number of ether oxygens (including phenoxy) is 2. The highest BCUT2D eigenvalue weighted by atomic mass is 32.1. The maximum atomic E-state index is 5.79. The van der Waals surface area contributed by atoms with E-state index in [0.717, 1.165) is 63.2 Å². The summed E-state index contributed by atoms with van der Waals surface area (Å²) >= 11 is 5.79. The van der Waals surface area contributed by atoms with Gasteiger partial charge in [-0.25, -0.2) is 0 Å². The fraction of sp³-hybridized carbons (Fsp3) is 0.545. The van der Waals surface area contributed by atoms with E-state index in [9.17, 15) is 0 Å². The van der Waals surface area contributed by atoms with Gasteiger partial charge in [0, 0.05) is 57.9 Å². The van der Waals surface area contributed by atoms with Crippen LogP contribution in [0.2, 0.25) is 0 Å². The smallest absolute Gasteiger partial charge is 0.170 e. The van der Waals surface area contributed by atoms with Crippen molar-refractivity contribution in [3.05, 3.63) is 54.1 Å². The minimum Gasteiger partial charge on any atom is -0.383 e. The molecule has 4 rings (SSSR count). The molecule has 2 atom stereocenters. The maximum Gasteiger partial charge on any atom is 0.170 e. The molecule has 0 amide bonds. The van der Waals surface area contributed by atoms with Gasteiger partial charge in [-0.15, -0.1) is 0 Å². The fourth-order valence-corrected chi connectivity index (χ4v) is 4.68. The molecule has 0 aliphatic carbocycles. The molecule has 0 aromatic carbocycles. The first-order chi connectivity index (χ1) is 14.8. The third kappa shape index (κ3) is 4.83. The van der Waals surface area contributed by atoms with E-state index >= 15 is 0 Å². The van der Waals surface area contributed by atoms with Crippen LogP contribution in [0.1, 0.15) is 29.9 Å². The molecule has 8 heteroatoms. The lowest BCUT2D eigenvalue weighted by molar-refractivity contribution is 0.0365. The normalized spacial score (nSPS) is 22.4. The SMILES string of the molecule is COCCn1cccc1[C@@H]1[C@H](c2ccccn2)NC(=S)N1CCCN1CCOCC1. The van der Waals surface area contributed by atoms with Gasteiger partial charge in [-0.1, -0.05) is 6.07 Å². The summed E-state index contributed by atoms with van der Waals surface area (Å²) in [5.41, 5.74) is 2.25. The predicted molar refractivity (Wildman–Crippen MR) is 120 cm³/mol. The van der Waals surface area contributed by atoms with Gasteiger partial charge >= 0.3 is 0 Å². The summed E-state index contributed by atoms with van der Waals surface area (Å²) in [6.07, 6.45) is 5.03. The Labute approximate surface area is 184 Å². The van der Waals surface area contributed by atoms with Crippen molar-refractivity contribution < 1.29 is 9.47 Å². The summed E-state index contributed by atoms with van der Waals surface area (Å²) in [6.45, 7) is 7.17. The van der Waals surface area contributed by atoms with Gasteiger partial charge in [0.05, 0.1) is 37.6 Å². The van der Waals surface area contributed by atoms with Gasteiger partial charge in [0.15, 0.2) is 5.11 Å². The summed E-state index contributed by atoms with van der Waals surface area (Å²) in [4.78, 5) is 9.45.